The molecule has 0 saturated carbocycles. The predicted octanol–water partition coefficient (Wildman–Crippen LogP) is 2.79. The van der Waals surface area contributed by atoms with Crippen molar-refractivity contribution in [2.75, 3.05) is 13.1 Å². The van der Waals surface area contributed by atoms with Gasteiger partial charge >= 0.3 is 5.97 Å². The van der Waals surface area contributed by atoms with Crippen LogP contribution in [0.5, 0.6) is 0 Å². The molecule has 1 amide bonds. The van der Waals surface area contributed by atoms with Gasteiger partial charge in [0, 0.05) is 37.8 Å². The van der Waals surface area contributed by atoms with Crippen LogP contribution >= 0.6 is 0 Å². The van der Waals surface area contributed by atoms with E-state index in [4.69, 9.17) is 9.63 Å². The van der Waals surface area contributed by atoms with Gasteiger partial charge in [0.15, 0.2) is 11.5 Å². The van der Waals surface area contributed by atoms with Gasteiger partial charge in [-0.25, -0.2) is 0 Å². The highest BCUT2D eigenvalue weighted by atomic mass is 16.5. The molecule has 1 aromatic heterocycles. The number of hydrogen-bond donors (Lipinski definition) is 2. The van der Waals surface area contributed by atoms with Gasteiger partial charge in [0.2, 0.25) is 0 Å². The number of benzene rings is 2. The normalized spacial score (nSPS) is 14.3. The molecule has 0 atom stereocenters. The van der Waals surface area contributed by atoms with E-state index in [0.29, 0.717) is 31.9 Å². The van der Waals surface area contributed by atoms with Crippen molar-refractivity contribution >= 4 is 11.9 Å². The third-order valence-electron chi connectivity index (χ3n) is 4.99. The summed E-state index contributed by atoms with van der Waals surface area (Å²) >= 11 is 0. The Balaban J connectivity index is 1.33. The van der Waals surface area contributed by atoms with Crippen LogP contribution in [0.4, 0.5) is 0 Å². The van der Waals surface area contributed by atoms with E-state index in [2.05, 4.69) is 15.4 Å². The molecule has 0 spiro atoms. The first kappa shape index (κ1) is 18.9. The van der Waals surface area contributed by atoms with Gasteiger partial charge in [-0.15, -0.1) is 0 Å². The summed E-state index contributed by atoms with van der Waals surface area (Å²) in [6.07, 6.45) is 0. The fraction of sp³-hybridized carbons (Fsp3) is 0.227. The molecule has 0 bridgehead atoms. The van der Waals surface area contributed by atoms with Gasteiger partial charge in [0.25, 0.3) is 5.91 Å². The van der Waals surface area contributed by atoms with Crippen molar-refractivity contribution in [2.24, 2.45) is 5.92 Å². The molecular weight excluding hydrogens is 370 g/mol. The molecule has 0 radical (unpaired) electrons. The van der Waals surface area contributed by atoms with E-state index in [0.717, 1.165) is 16.7 Å². The average molecular weight is 391 g/mol. The third kappa shape index (κ3) is 4.52. The molecule has 2 aromatic carbocycles. The second kappa shape index (κ2) is 8.28. The number of hydrogen-bond acceptors (Lipinski definition) is 5. The monoisotopic (exact) mass is 391 g/mol. The molecule has 1 aliphatic heterocycles. The van der Waals surface area contributed by atoms with Crippen molar-refractivity contribution in [1.29, 1.82) is 0 Å². The molecule has 0 unspecified atom stereocenters. The zero-order valence-corrected chi connectivity index (χ0v) is 15.7. The molecule has 4 rings (SSSR count). The lowest BCUT2D eigenvalue weighted by Gasteiger charge is -2.36. The number of likely N-dealkylation sites (tertiary alicyclic amines) is 1. The lowest BCUT2D eigenvalue weighted by Crippen LogP contribution is -2.49. The molecule has 2 N–H and O–H groups in total. The first-order chi connectivity index (χ1) is 14.1. The number of carbonyl (C=O) groups excluding carboxylic acids is 1. The lowest BCUT2D eigenvalue weighted by atomic mass is 9.99. The first-order valence-electron chi connectivity index (χ1n) is 9.42. The van der Waals surface area contributed by atoms with Crippen LogP contribution in [0.15, 0.2) is 65.2 Å². The van der Waals surface area contributed by atoms with Crippen molar-refractivity contribution in [3.05, 3.63) is 77.5 Å². The first-order valence-corrected chi connectivity index (χ1v) is 9.42. The Hall–Kier alpha value is -3.45. The smallest absolute Gasteiger partial charge is 0.309 e. The Morgan fingerprint density at radius 3 is 2.48 bits per heavy atom. The molecule has 1 saturated heterocycles. The quantitative estimate of drug-likeness (QED) is 0.643. The number of nitrogens with one attached hydrogen (secondary N) is 1. The van der Waals surface area contributed by atoms with Crippen LogP contribution in [-0.4, -0.2) is 40.1 Å². The van der Waals surface area contributed by atoms with Gasteiger partial charge in [0.05, 0.1) is 5.92 Å². The maximum absolute atomic E-state index is 12.3. The Bertz CT molecular complexity index is 992. The Kier molecular flexibility index (Phi) is 5.39. The molecular formula is C22H21N3O4. The number of nitrogens with zero attached hydrogens (tertiary/aromatic N) is 2. The molecule has 148 valence electrons. The number of carboxylic acids is 1. The van der Waals surface area contributed by atoms with Gasteiger partial charge in [-0.2, -0.15) is 0 Å². The average Bonchev–Trinajstić information content (AvgIpc) is 3.20. The van der Waals surface area contributed by atoms with Crippen molar-refractivity contribution < 1.29 is 19.2 Å². The fourth-order valence-electron chi connectivity index (χ4n) is 3.27. The largest absolute Gasteiger partial charge is 0.481 e. The van der Waals surface area contributed by atoms with Crippen LogP contribution in [0.1, 0.15) is 21.6 Å². The maximum atomic E-state index is 12.3. The van der Waals surface area contributed by atoms with Crippen LogP contribution in [0.25, 0.3) is 11.3 Å². The number of aliphatic carboxylic acids is 1. The highest BCUT2D eigenvalue weighted by molar-refractivity contribution is 5.93. The minimum atomic E-state index is -0.731. The van der Waals surface area contributed by atoms with Gasteiger partial charge < -0.3 is 14.9 Å². The molecule has 1 aliphatic rings. The summed E-state index contributed by atoms with van der Waals surface area (Å²) in [5.41, 5.74) is 3.17. The summed E-state index contributed by atoms with van der Waals surface area (Å²) in [6.45, 7) is 2.31. The second-order valence-electron chi connectivity index (χ2n) is 7.17. The summed E-state index contributed by atoms with van der Waals surface area (Å²) in [6, 6.07) is 19.1. The zero-order valence-electron chi connectivity index (χ0n) is 15.7. The summed E-state index contributed by atoms with van der Waals surface area (Å²) < 4.78 is 5.33. The highest BCUT2D eigenvalue weighted by Gasteiger charge is 2.32. The maximum Gasteiger partial charge on any atom is 0.309 e. The third-order valence-corrected chi connectivity index (χ3v) is 4.99. The molecule has 7 nitrogen and oxygen atoms in total. The van der Waals surface area contributed by atoms with Crippen molar-refractivity contribution in [3.8, 4) is 11.3 Å². The van der Waals surface area contributed by atoms with Gasteiger partial charge in [-0.05, 0) is 11.1 Å². The summed E-state index contributed by atoms with van der Waals surface area (Å²) in [4.78, 5) is 25.2. The van der Waals surface area contributed by atoms with Crippen molar-refractivity contribution in [2.45, 2.75) is 13.1 Å². The molecule has 29 heavy (non-hydrogen) atoms. The van der Waals surface area contributed by atoms with Crippen molar-refractivity contribution in [3.63, 3.8) is 0 Å². The summed E-state index contributed by atoms with van der Waals surface area (Å²) in [7, 11) is 0. The van der Waals surface area contributed by atoms with E-state index >= 15 is 0 Å². The molecule has 7 heteroatoms. The van der Waals surface area contributed by atoms with E-state index < -0.39 is 5.97 Å². The standard InChI is InChI=1S/C22H21N3O4/c26-21(23-11-15-4-2-1-3-5-15)19-10-20(29-24-19)17-8-6-16(7-9-17)12-25-13-18(14-25)22(27)28/h1-10,18H,11-14H2,(H,23,26)(H,27,28). The van der Waals surface area contributed by atoms with E-state index in [9.17, 15) is 9.59 Å². The topological polar surface area (TPSA) is 95.7 Å². The number of aromatic nitrogens is 1. The molecule has 0 aliphatic carbocycles. The predicted molar refractivity (Wildman–Crippen MR) is 106 cm³/mol. The fourth-order valence-corrected chi connectivity index (χ4v) is 3.27. The second-order valence-corrected chi connectivity index (χ2v) is 7.17. The van der Waals surface area contributed by atoms with Crippen molar-refractivity contribution in [1.82, 2.24) is 15.4 Å². The van der Waals surface area contributed by atoms with Crippen LogP contribution in [0, 0.1) is 5.92 Å². The Morgan fingerprint density at radius 1 is 1.07 bits per heavy atom. The number of carboxylic acid groups (broad SMARTS) is 1. The SMILES string of the molecule is O=C(NCc1ccccc1)c1cc(-c2ccc(CN3CC(C(=O)O)C3)cc2)on1. The van der Waals surface area contributed by atoms with Gasteiger partial charge in [-0.3, -0.25) is 14.5 Å². The highest BCUT2D eigenvalue weighted by Crippen LogP contribution is 2.23. The zero-order chi connectivity index (χ0) is 20.2. The minimum absolute atomic E-state index is 0.236. The number of amides is 1. The van der Waals surface area contributed by atoms with E-state index in [1.165, 1.54) is 0 Å². The molecule has 3 aromatic rings. The number of carbonyl (C=O) groups is 2. The van der Waals surface area contributed by atoms with Crippen LogP contribution in [0.2, 0.25) is 0 Å². The van der Waals surface area contributed by atoms with Crippen LogP contribution in [0.3, 0.4) is 0 Å². The minimum Gasteiger partial charge on any atom is -0.481 e. The van der Waals surface area contributed by atoms with E-state index in [1.54, 1.807) is 6.07 Å². The lowest BCUT2D eigenvalue weighted by molar-refractivity contribution is -0.147. The molecule has 1 fully saturated rings. The Labute approximate surface area is 167 Å². The Morgan fingerprint density at radius 2 is 1.79 bits per heavy atom. The van der Waals surface area contributed by atoms with Gasteiger partial charge in [-0.1, -0.05) is 59.8 Å². The number of rotatable bonds is 7. The summed E-state index contributed by atoms with van der Waals surface area (Å²) in [5, 5.41) is 15.6. The van der Waals surface area contributed by atoms with Gasteiger partial charge in [0.1, 0.15) is 0 Å². The summed E-state index contributed by atoms with van der Waals surface area (Å²) in [5.74, 6) is -0.747. The van der Waals surface area contributed by atoms with E-state index in [1.807, 2.05) is 54.6 Å². The molecule has 2 heterocycles. The van der Waals surface area contributed by atoms with E-state index in [-0.39, 0.29) is 17.5 Å². The van der Waals surface area contributed by atoms with Crippen LogP contribution in [-0.2, 0) is 17.9 Å². The van der Waals surface area contributed by atoms with Crippen LogP contribution < -0.4 is 5.32 Å².